The molecule has 0 aliphatic carbocycles. The van der Waals surface area contributed by atoms with Gasteiger partial charge in [0.25, 0.3) is 0 Å². The highest BCUT2D eigenvalue weighted by atomic mass is 15.2. The van der Waals surface area contributed by atoms with E-state index in [4.69, 9.17) is 0 Å². The Balaban J connectivity index is 2.26. The number of hydrogen-bond donors (Lipinski definition) is 2. The van der Waals surface area contributed by atoms with Gasteiger partial charge in [-0.3, -0.25) is 9.89 Å². The van der Waals surface area contributed by atoms with Crippen LogP contribution in [-0.4, -0.2) is 50.1 Å². The van der Waals surface area contributed by atoms with Gasteiger partial charge in [-0.2, -0.15) is 0 Å². The van der Waals surface area contributed by atoms with Crippen LogP contribution >= 0.6 is 0 Å². The van der Waals surface area contributed by atoms with E-state index in [9.17, 15) is 0 Å². The number of nitrogens with zero attached hydrogens (tertiary/aromatic N) is 2. The van der Waals surface area contributed by atoms with Crippen molar-refractivity contribution in [2.75, 3.05) is 33.2 Å². The second kappa shape index (κ2) is 9.18. The molecule has 0 spiro atoms. The van der Waals surface area contributed by atoms with Crippen LogP contribution in [0.4, 0.5) is 0 Å². The van der Waals surface area contributed by atoms with Gasteiger partial charge in [0.1, 0.15) is 0 Å². The van der Waals surface area contributed by atoms with Gasteiger partial charge in [0.15, 0.2) is 5.96 Å². The molecular weight excluding hydrogens is 236 g/mol. The van der Waals surface area contributed by atoms with Crippen LogP contribution in [0.25, 0.3) is 0 Å². The van der Waals surface area contributed by atoms with Crippen molar-refractivity contribution in [3.05, 3.63) is 0 Å². The second-order valence-electron chi connectivity index (χ2n) is 5.87. The Morgan fingerprint density at radius 1 is 1.21 bits per heavy atom. The van der Waals surface area contributed by atoms with Crippen molar-refractivity contribution >= 4 is 5.96 Å². The van der Waals surface area contributed by atoms with E-state index in [1.807, 2.05) is 7.05 Å². The van der Waals surface area contributed by atoms with Crippen LogP contribution in [0.2, 0.25) is 0 Å². The van der Waals surface area contributed by atoms with E-state index in [0.717, 1.165) is 25.0 Å². The summed E-state index contributed by atoms with van der Waals surface area (Å²) in [5.74, 6) is 1.68. The third-order valence-corrected chi connectivity index (χ3v) is 3.87. The van der Waals surface area contributed by atoms with Gasteiger partial charge in [0, 0.05) is 26.2 Å². The molecule has 0 aromatic heterocycles. The highest BCUT2D eigenvalue weighted by Gasteiger charge is 2.20. The van der Waals surface area contributed by atoms with Crippen LogP contribution in [0.5, 0.6) is 0 Å². The first-order valence-electron chi connectivity index (χ1n) is 7.86. The van der Waals surface area contributed by atoms with Crippen LogP contribution in [0.3, 0.4) is 0 Å². The molecule has 0 radical (unpaired) electrons. The molecule has 0 bridgehead atoms. The fraction of sp³-hybridized carbons (Fsp3) is 0.933. The summed E-state index contributed by atoms with van der Waals surface area (Å²) in [7, 11) is 1.85. The van der Waals surface area contributed by atoms with Crippen molar-refractivity contribution in [3.8, 4) is 0 Å². The van der Waals surface area contributed by atoms with Gasteiger partial charge in [-0.05, 0) is 44.7 Å². The van der Waals surface area contributed by atoms with Crippen LogP contribution in [-0.2, 0) is 0 Å². The zero-order chi connectivity index (χ0) is 14.1. The van der Waals surface area contributed by atoms with E-state index < -0.39 is 0 Å². The van der Waals surface area contributed by atoms with Crippen molar-refractivity contribution in [1.29, 1.82) is 0 Å². The summed E-state index contributed by atoms with van der Waals surface area (Å²) in [6, 6.07) is 0.645. The molecule has 1 rings (SSSR count). The van der Waals surface area contributed by atoms with Crippen molar-refractivity contribution < 1.29 is 0 Å². The molecule has 1 atom stereocenters. The molecule has 0 saturated carbocycles. The molecule has 0 amide bonds. The topological polar surface area (TPSA) is 39.7 Å². The fourth-order valence-electron chi connectivity index (χ4n) is 2.55. The summed E-state index contributed by atoms with van der Waals surface area (Å²) in [5, 5.41) is 6.86. The van der Waals surface area contributed by atoms with Crippen LogP contribution in [0.1, 0.15) is 46.5 Å². The van der Waals surface area contributed by atoms with Gasteiger partial charge in [0.05, 0.1) is 0 Å². The van der Waals surface area contributed by atoms with Gasteiger partial charge < -0.3 is 10.6 Å². The Bertz CT molecular complexity index is 257. The van der Waals surface area contributed by atoms with Gasteiger partial charge in [-0.15, -0.1) is 0 Å². The predicted molar refractivity (Wildman–Crippen MR) is 83.7 cm³/mol. The van der Waals surface area contributed by atoms with E-state index >= 15 is 0 Å². The molecule has 1 aliphatic rings. The SMILES string of the molecule is CCC(CNC(=NC)NCCC(C)C)N1CCCC1. The van der Waals surface area contributed by atoms with Crippen LogP contribution < -0.4 is 10.6 Å². The van der Waals surface area contributed by atoms with E-state index in [-0.39, 0.29) is 0 Å². The quantitative estimate of drug-likeness (QED) is 0.548. The summed E-state index contributed by atoms with van der Waals surface area (Å²) in [6.07, 6.45) is 5.11. The zero-order valence-corrected chi connectivity index (χ0v) is 13.2. The molecule has 4 nitrogen and oxygen atoms in total. The van der Waals surface area contributed by atoms with Crippen LogP contribution in [0, 0.1) is 5.92 Å². The summed E-state index contributed by atoms with van der Waals surface area (Å²) < 4.78 is 0. The van der Waals surface area contributed by atoms with Crippen molar-refractivity contribution in [2.24, 2.45) is 10.9 Å². The maximum absolute atomic E-state index is 4.29. The Morgan fingerprint density at radius 2 is 1.89 bits per heavy atom. The maximum atomic E-state index is 4.29. The first-order valence-corrected chi connectivity index (χ1v) is 7.86. The molecule has 1 unspecified atom stereocenters. The lowest BCUT2D eigenvalue weighted by atomic mass is 10.1. The number of rotatable bonds is 7. The number of likely N-dealkylation sites (tertiary alicyclic amines) is 1. The summed E-state index contributed by atoms with van der Waals surface area (Å²) >= 11 is 0. The van der Waals surface area contributed by atoms with Gasteiger partial charge in [0.2, 0.25) is 0 Å². The first-order chi connectivity index (χ1) is 9.17. The Hall–Kier alpha value is -0.770. The average Bonchev–Trinajstić information content (AvgIpc) is 2.91. The molecule has 2 N–H and O–H groups in total. The fourth-order valence-corrected chi connectivity index (χ4v) is 2.55. The van der Waals surface area contributed by atoms with Crippen molar-refractivity contribution in [1.82, 2.24) is 15.5 Å². The average molecular weight is 268 g/mol. The summed E-state index contributed by atoms with van der Waals surface area (Å²) in [6.45, 7) is 11.3. The predicted octanol–water partition coefficient (Wildman–Crippen LogP) is 2.07. The standard InChI is InChI=1S/C15H32N4/c1-5-14(19-10-6-7-11-19)12-18-15(16-4)17-9-8-13(2)3/h13-14H,5-12H2,1-4H3,(H2,16,17,18). The minimum absolute atomic E-state index is 0.645. The Morgan fingerprint density at radius 3 is 2.42 bits per heavy atom. The lowest BCUT2D eigenvalue weighted by Crippen LogP contribution is -2.46. The molecule has 4 heteroatoms. The smallest absolute Gasteiger partial charge is 0.191 e. The Kier molecular flexibility index (Phi) is 7.87. The number of aliphatic imine (C=N–C) groups is 1. The lowest BCUT2D eigenvalue weighted by molar-refractivity contribution is 0.236. The molecule has 112 valence electrons. The highest BCUT2D eigenvalue weighted by Crippen LogP contribution is 2.13. The number of guanidine groups is 1. The van der Waals surface area contributed by atoms with Crippen molar-refractivity contribution in [2.45, 2.75) is 52.5 Å². The molecule has 1 aliphatic heterocycles. The minimum atomic E-state index is 0.645. The Labute approximate surface area is 119 Å². The van der Waals surface area contributed by atoms with Crippen molar-refractivity contribution in [3.63, 3.8) is 0 Å². The van der Waals surface area contributed by atoms with Gasteiger partial charge in [-0.1, -0.05) is 20.8 Å². The second-order valence-corrected chi connectivity index (χ2v) is 5.87. The molecule has 1 heterocycles. The van der Waals surface area contributed by atoms with E-state index in [1.165, 1.54) is 38.8 Å². The monoisotopic (exact) mass is 268 g/mol. The largest absolute Gasteiger partial charge is 0.356 e. The van der Waals surface area contributed by atoms with E-state index in [1.54, 1.807) is 0 Å². The maximum Gasteiger partial charge on any atom is 0.191 e. The van der Waals surface area contributed by atoms with Crippen LogP contribution in [0.15, 0.2) is 4.99 Å². The zero-order valence-electron chi connectivity index (χ0n) is 13.2. The highest BCUT2D eigenvalue weighted by molar-refractivity contribution is 5.79. The molecule has 1 saturated heterocycles. The van der Waals surface area contributed by atoms with E-state index in [0.29, 0.717) is 6.04 Å². The molecular formula is C15H32N4. The summed E-state index contributed by atoms with van der Waals surface area (Å²) in [5.41, 5.74) is 0. The molecule has 0 aromatic carbocycles. The van der Waals surface area contributed by atoms with E-state index in [2.05, 4.69) is 41.3 Å². The first kappa shape index (κ1) is 16.3. The summed E-state index contributed by atoms with van der Waals surface area (Å²) in [4.78, 5) is 6.90. The number of nitrogens with one attached hydrogen (secondary N) is 2. The van der Waals surface area contributed by atoms with Gasteiger partial charge in [-0.25, -0.2) is 0 Å². The third kappa shape index (κ3) is 6.28. The minimum Gasteiger partial charge on any atom is -0.356 e. The third-order valence-electron chi connectivity index (χ3n) is 3.87. The molecule has 0 aromatic rings. The molecule has 19 heavy (non-hydrogen) atoms. The normalized spacial score (nSPS) is 18.9. The number of hydrogen-bond acceptors (Lipinski definition) is 2. The molecule has 1 fully saturated rings. The van der Waals surface area contributed by atoms with Gasteiger partial charge >= 0.3 is 0 Å². The lowest BCUT2D eigenvalue weighted by Gasteiger charge is -2.27.